The van der Waals surface area contributed by atoms with Crippen molar-refractivity contribution >= 4 is 78.9 Å². The van der Waals surface area contributed by atoms with E-state index in [0.29, 0.717) is 46.4 Å². The topological polar surface area (TPSA) is 449 Å². The summed E-state index contributed by atoms with van der Waals surface area (Å²) in [6.07, 6.45) is 17.5. The molecule has 37 heteroatoms. The van der Waals surface area contributed by atoms with E-state index in [-0.39, 0.29) is 208 Å². The number of aromatic carboxylic acids is 1. The van der Waals surface area contributed by atoms with Crippen molar-refractivity contribution in [3.05, 3.63) is 126 Å². The summed E-state index contributed by atoms with van der Waals surface area (Å²) in [4.78, 5) is 105. The summed E-state index contributed by atoms with van der Waals surface area (Å²) in [6, 6.07) is 9.37. The van der Waals surface area contributed by atoms with Gasteiger partial charge in [-0.25, -0.2) is 14.4 Å². The van der Waals surface area contributed by atoms with Crippen molar-refractivity contribution in [2.45, 2.75) is 169 Å². The van der Waals surface area contributed by atoms with Crippen LogP contribution in [0.15, 0.2) is 79.5 Å². The predicted molar refractivity (Wildman–Crippen MR) is 460 cm³/mol. The molecule has 127 heavy (non-hydrogen) atoms. The van der Waals surface area contributed by atoms with Gasteiger partial charge in [0.1, 0.15) is 40.5 Å². The second-order valence-corrected chi connectivity index (χ2v) is 34.0. The number of methoxy groups -OCH3 is 8. The molecule has 0 atom stereocenters. The lowest BCUT2D eigenvalue weighted by Gasteiger charge is -2.29. The van der Waals surface area contributed by atoms with Crippen molar-refractivity contribution in [2.24, 2.45) is 23.7 Å². The number of fused-ring (bicyclic) bond motifs is 4. The van der Waals surface area contributed by atoms with Gasteiger partial charge in [-0.15, -0.1) is 0 Å². The van der Waals surface area contributed by atoms with Gasteiger partial charge in [-0.1, -0.05) is 39.3 Å². The van der Waals surface area contributed by atoms with Gasteiger partial charge in [-0.3, -0.25) is 23.4 Å². The number of ether oxygens (including phenoxy) is 19. The minimum Gasteiger partial charge on any atom is -0.545 e. The summed E-state index contributed by atoms with van der Waals surface area (Å²) in [5.74, 6) is -1.20. The second-order valence-electron chi connectivity index (χ2n) is 32.4. The molecule has 3 N–H and O–H groups in total. The summed E-state index contributed by atoms with van der Waals surface area (Å²) in [5, 5.41) is 26.5. The SMILES string of the molecule is C.CC(C)(C)OC(=O)NC1CCC(CO)CC1.CC(C)(C)OC(=O)NC1CCC(COS(C)(=O)=O)CC1.COCOc1cc2c(cc1OCOC)C(=O)C(c1coc3cc(OCOC)c(OCOC)c(C(=O)OCC4CCC(C)CC4)c3c1=O)=CC2.COCOc1cc2c(cc1OCOC)C(=O)C(c1coc3cc(OCOC)c(OCOC)c(C(=O)[O-])c3c1=O)=CC2. The Balaban J connectivity index is 0.000000253. The zero-order valence-corrected chi connectivity index (χ0v) is 75.1. The number of rotatable bonds is 36. The molecule has 2 amide bonds. The summed E-state index contributed by atoms with van der Waals surface area (Å²) in [5.41, 5.74) is -1.51. The summed E-state index contributed by atoms with van der Waals surface area (Å²) < 4.78 is 139. The molecular formula is C90H121N2O34S-. The number of aliphatic hydroxyl groups excluding tert-OH is 1. The Bertz CT molecular complexity index is 5000. The van der Waals surface area contributed by atoms with Gasteiger partial charge in [0.05, 0.1) is 52.9 Å². The first-order valence-corrected chi connectivity index (χ1v) is 42.8. The first-order chi connectivity index (χ1) is 60.1. The minimum atomic E-state index is -3.37. The Kier molecular flexibility index (Phi) is 40.6. The molecule has 5 aliphatic carbocycles. The highest BCUT2D eigenvalue weighted by atomic mass is 32.2. The molecule has 0 spiro atoms. The number of benzene rings is 4. The van der Waals surface area contributed by atoms with Gasteiger partial charge in [0.25, 0.3) is 10.1 Å². The third-order valence-electron chi connectivity index (χ3n) is 20.5. The van der Waals surface area contributed by atoms with Crippen LogP contribution in [0.1, 0.15) is 197 Å². The van der Waals surface area contributed by atoms with E-state index in [1.165, 1.54) is 81.3 Å². The normalized spacial score (nSPS) is 17.9. The smallest absolute Gasteiger partial charge is 0.407 e. The average Bonchev–Trinajstić information content (AvgIpc) is 0.746. The molecule has 3 saturated carbocycles. The van der Waals surface area contributed by atoms with Crippen molar-refractivity contribution in [1.82, 2.24) is 10.6 Å². The number of alkyl carbamates (subject to hydrolysis) is 2. The van der Waals surface area contributed by atoms with Gasteiger partial charge in [0.2, 0.25) is 10.9 Å². The average molecular weight is 1810 g/mol. The van der Waals surface area contributed by atoms with Crippen LogP contribution in [-0.2, 0) is 79.2 Å². The number of allylic oxidation sites excluding steroid dienone is 4. The maximum absolute atomic E-state index is 14.4. The van der Waals surface area contributed by atoms with Crippen LogP contribution in [0.5, 0.6) is 46.0 Å². The van der Waals surface area contributed by atoms with Crippen LogP contribution in [0.4, 0.5) is 9.59 Å². The highest BCUT2D eigenvalue weighted by molar-refractivity contribution is 7.86. The number of aliphatic hydroxyl groups is 1. The fourth-order valence-corrected chi connectivity index (χ4v) is 14.8. The highest BCUT2D eigenvalue weighted by Gasteiger charge is 2.36. The van der Waals surface area contributed by atoms with E-state index < -0.39 is 67.3 Å². The lowest BCUT2D eigenvalue weighted by atomic mass is 9.83. The Morgan fingerprint density at radius 3 is 1.16 bits per heavy atom. The second kappa shape index (κ2) is 49.8. The monoisotopic (exact) mass is 1810 g/mol. The molecule has 702 valence electrons. The molecule has 3 fully saturated rings. The molecular weight excluding hydrogens is 1690 g/mol. The standard InChI is InChI=1S/C36H42O13.C28H28O13.C13H25NO5S.C12H23NO3.CH4/c1-21-6-8-22(9-7-21)15-45-36(39)32-31-29(14-30(48-19-42-4)35(32)49-20-43-5)44-16-26(34(31)38)24-11-10-23-12-27(46-17-40-2)28(47-18-41-3)13-25(23)33(24)37;1-33-11-38-19-7-15-5-6-16(25(29)17(15)8-20(19)39-12-34-2)18-10-37-21-9-22(40-13-35-3)27(41-14-36-4)24(28(31)32)23(21)26(18)30;1-13(2,3)19-12(15)14-11-7-5-10(6-8-11)9-18-20(4,16)17;1-12(2,3)16-11(15)13-10-6-4-9(8-14)5-7-10;/h11-14,16,21-22H,6-10,15,17-20H2,1-5H3;6-10H,5,11-14H2,1-4H3,(H,31,32);10-11H,5-9H2,1-4H3,(H,14,15);9-10,14H,4-8H2,1-3H3,(H,13,15);1H4/p-1. The van der Waals surface area contributed by atoms with E-state index in [1.807, 2.05) is 41.5 Å². The molecule has 2 aromatic heterocycles. The van der Waals surface area contributed by atoms with Gasteiger partial charge < -0.3 is 124 Å². The van der Waals surface area contributed by atoms with E-state index in [1.54, 1.807) is 30.4 Å². The lowest BCUT2D eigenvalue weighted by Crippen LogP contribution is -2.41. The fourth-order valence-electron chi connectivity index (χ4n) is 14.4. The van der Waals surface area contributed by atoms with Crippen LogP contribution in [-0.4, -0.2) is 210 Å². The highest BCUT2D eigenvalue weighted by Crippen LogP contribution is 2.44. The predicted octanol–water partition coefficient (Wildman–Crippen LogP) is 12.2. The number of carbonyl (C=O) groups is 6. The number of ketones is 2. The van der Waals surface area contributed by atoms with E-state index in [4.69, 9.17) is 108 Å². The first-order valence-electron chi connectivity index (χ1n) is 41.0. The van der Waals surface area contributed by atoms with Crippen molar-refractivity contribution < 1.29 is 150 Å². The van der Waals surface area contributed by atoms with Crippen LogP contribution in [0.3, 0.4) is 0 Å². The van der Waals surface area contributed by atoms with Crippen LogP contribution in [0, 0.1) is 23.7 Å². The molecule has 6 aromatic rings. The summed E-state index contributed by atoms with van der Waals surface area (Å²) in [7, 11) is 8.07. The summed E-state index contributed by atoms with van der Waals surface area (Å²) in [6.45, 7) is 12.6. The number of carboxylic acids is 1. The zero-order chi connectivity index (χ0) is 92.0. The molecule has 0 saturated heterocycles. The van der Waals surface area contributed by atoms with E-state index >= 15 is 0 Å². The fraction of sp³-hybridized carbons (Fsp3) is 0.556. The number of hydrogen-bond donors (Lipinski definition) is 3. The third kappa shape index (κ3) is 30.1. The number of hydrogen-bond acceptors (Lipinski definition) is 34. The maximum atomic E-state index is 14.4. The molecule has 0 aliphatic heterocycles. The maximum Gasteiger partial charge on any atom is 0.407 e. The molecule has 0 unspecified atom stereocenters. The van der Waals surface area contributed by atoms with E-state index in [2.05, 4.69) is 17.6 Å². The van der Waals surface area contributed by atoms with Crippen LogP contribution < -0.4 is 64.5 Å². The van der Waals surface area contributed by atoms with E-state index in [0.717, 1.165) is 89.6 Å². The summed E-state index contributed by atoms with van der Waals surface area (Å²) >= 11 is 0. The molecule has 0 bridgehead atoms. The molecule has 36 nitrogen and oxygen atoms in total. The number of carbonyl (C=O) groups excluding carboxylic acids is 6. The number of carboxylic acid groups (broad SMARTS) is 1. The van der Waals surface area contributed by atoms with Crippen LogP contribution in [0.2, 0.25) is 0 Å². The van der Waals surface area contributed by atoms with E-state index in [9.17, 15) is 51.9 Å². The largest absolute Gasteiger partial charge is 0.545 e. The van der Waals surface area contributed by atoms with Crippen molar-refractivity contribution in [3.8, 4) is 46.0 Å². The number of amides is 2. The Hall–Kier alpha value is -10.5. The van der Waals surface area contributed by atoms with Crippen LogP contribution >= 0.6 is 0 Å². The van der Waals surface area contributed by atoms with Crippen molar-refractivity contribution in [1.29, 1.82) is 0 Å². The third-order valence-corrected chi connectivity index (χ3v) is 21.0. The minimum absolute atomic E-state index is 0. The first kappa shape index (κ1) is 104. The number of Topliss-reactive ketones (excluding diaryl/α,β-unsaturated/α-hetero) is 2. The van der Waals surface area contributed by atoms with Crippen molar-refractivity contribution in [3.63, 3.8) is 0 Å². The number of esters is 1. The Labute approximate surface area is 738 Å². The van der Waals surface area contributed by atoms with Gasteiger partial charge in [-0.2, -0.15) is 8.42 Å². The molecule has 4 aromatic carbocycles. The number of nitrogens with one attached hydrogen (secondary N) is 2. The van der Waals surface area contributed by atoms with Gasteiger partial charge in [0, 0.05) is 110 Å². The molecule has 11 rings (SSSR count). The molecule has 5 aliphatic rings. The van der Waals surface area contributed by atoms with Crippen molar-refractivity contribution in [2.75, 3.05) is 137 Å². The quantitative estimate of drug-likeness (QED) is 0.0142. The van der Waals surface area contributed by atoms with Gasteiger partial charge in [-0.05, 0) is 178 Å². The Morgan fingerprint density at radius 1 is 0.457 bits per heavy atom. The lowest BCUT2D eigenvalue weighted by molar-refractivity contribution is -0.255. The molecule has 0 radical (unpaired) electrons. The van der Waals surface area contributed by atoms with Gasteiger partial charge >= 0.3 is 18.2 Å². The van der Waals surface area contributed by atoms with Gasteiger partial charge in [0.15, 0.2) is 112 Å². The Morgan fingerprint density at radius 2 is 0.795 bits per heavy atom. The molecule has 2 heterocycles. The zero-order valence-electron chi connectivity index (χ0n) is 74.2. The van der Waals surface area contributed by atoms with Crippen LogP contribution in [0.25, 0.3) is 33.1 Å².